The van der Waals surface area contributed by atoms with Gasteiger partial charge in [0.1, 0.15) is 0 Å². The summed E-state index contributed by atoms with van der Waals surface area (Å²) in [5.41, 5.74) is 10.9. The Kier molecular flexibility index (Phi) is 4.29. The Balaban J connectivity index is 1.75. The molecule has 6 rings (SSSR count). The van der Waals surface area contributed by atoms with Crippen LogP contribution in [-0.4, -0.2) is 0 Å². The normalized spacial score (nSPS) is 11.2. The third kappa shape index (κ3) is 2.89. The number of fused-ring (bicyclic) bond motifs is 3. The molecule has 0 aliphatic carbocycles. The van der Waals surface area contributed by atoms with Crippen molar-refractivity contribution in [2.45, 2.75) is 0 Å². The van der Waals surface area contributed by atoms with Crippen LogP contribution in [0.5, 0.6) is 0 Å². The van der Waals surface area contributed by atoms with Crippen molar-refractivity contribution in [1.82, 2.24) is 0 Å². The number of anilines is 4. The Bertz CT molecular complexity index is 1530. The van der Waals surface area contributed by atoms with E-state index in [1.807, 2.05) is 0 Å². The summed E-state index contributed by atoms with van der Waals surface area (Å²) in [5.74, 6) is 0. The number of nitrogens with two attached hydrogens (primary N) is 1. The minimum absolute atomic E-state index is 0.825. The quantitative estimate of drug-likeness (QED) is 0.181. The molecule has 2 heteroatoms. The zero-order valence-corrected chi connectivity index (χ0v) is 17.6. The average molecular weight is 411 g/mol. The highest BCUT2D eigenvalue weighted by atomic mass is 15.1. The molecule has 6 aromatic carbocycles. The molecule has 2 N–H and O–H groups in total. The molecule has 0 unspecified atom stereocenters. The number of hydrogen-bond acceptors (Lipinski definition) is 2. The first-order valence-corrected chi connectivity index (χ1v) is 10.8. The van der Waals surface area contributed by atoms with E-state index in [1.54, 1.807) is 0 Å². The molecular formula is C30H22N2. The van der Waals surface area contributed by atoms with Crippen LogP contribution in [-0.2, 0) is 0 Å². The molecule has 0 bridgehead atoms. The van der Waals surface area contributed by atoms with Gasteiger partial charge in [0.05, 0.1) is 5.69 Å². The van der Waals surface area contributed by atoms with Gasteiger partial charge in [0.15, 0.2) is 0 Å². The van der Waals surface area contributed by atoms with Crippen LogP contribution in [0.2, 0.25) is 0 Å². The highest BCUT2D eigenvalue weighted by molar-refractivity contribution is 6.21. The Labute approximate surface area is 187 Å². The Morgan fingerprint density at radius 3 is 1.62 bits per heavy atom. The van der Waals surface area contributed by atoms with Crippen molar-refractivity contribution < 1.29 is 0 Å². The van der Waals surface area contributed by atoms with Gasteiger partial charge in [-0.05, 0) is 35.0 Å². The molecule has 0 heterocycles. The third-order valence-corrected chi connectivity index (χ3v) is 6.17. The standard InChI is InChI=1S/C30H22N2/c31-29-25-14-6-8-16-27(25)30(28-17-9-7-15-26(28)29)32(23-12-2-1-3-13-23)24-19-18-21-10-4-5-11-22(21)20-24/h1-20H,31H2. The highest BCUT2D eigenvalue weighted by Gasteiger charge is 2.20. The Hall–Kier alpha value is -4.30. The van der Waals surface area contributed by atoms with Crippen LogP contribution in [0.4, 0.5) is 22.7 Å². The van der Waals surface area contributed by atoms with E-state index in [9.17, 15) is 0 Å². The van der Waals surface area contributed by atoms with E-state index in [2.05, 4.69) is 126 Å². The molecule has 0 saturated carbocycles. The van der Waals surface area contributed by atoms with Gasteiger partial charge in [0.2, 0.25) is 0 Å². The van der Waals surface area contributed by atoms with E-state index >= 15 is 0 Å². The predicted molar refractivity (Wildman–Crippen MR) is 138 cm³/mol. The second-order valence-corrected chi connectivity index (χ2v) is 8.06. The van der Waals surface area contributed by atoms with Gasteiger partial charge in [-0.15, -0.1) is 0 Å². The maximum atomic E-state index is 6.66. The molecular weight excluding hydrogens is 388 g/mol. The molecule has 0 radical (unpaired) electrons. The highest BCUT2D eigenvalue weighted by Crippen LogP contribution is 2.46. The van der Waals surface area contributed by atoms with Crippen molar-refractivity contribution in [2.75, 3.05) is 10.6 Å². The summed E-state index contributed by atoms with van der Waals surface area (Å²) in [6, 6.07) is 42.6. The maximum Gasteiger partial charge on any atom is 0.0619 e. The smallest absolute Gasteiger partial charge is 0.0619 e. The van der Waals surface area contributed by atoms with Gasteiger partial charge in [0.25, 0.3) is 0 Å². The van der Waals surface area contributed by atoms with E-state index in [-0.39, 0.29) is 0 Å². The minimum Gasteiger partial charge on any atom is -0.398 e. The SMILES string of the molecule is Nc1c2ccccc2c(N(c2ccccc2)c2ccc3ccccc3c2)c2ccccc12. The number of rotatable bonds is 3. The van der Waals surface area contributed by atoms with E-state index < -0.39 is 0 Å². The fourth-order valence-electron chi connectivity index (χ4n) is 4.68. The van der Waals surface area contributed by atoms with E-state index in [1.165, 1.54) is 10.8 Å². The molecule has 152 valence electrons. The van der Waals surface area contributed by atoms with E-state index in [0.717, 1.165) is 44.3 Å². The molecule has 0 aromatic heterocycles. The lowest BCUT2D eigenvalue weighted by atomic mass is 9.97. The largest absolute Gasteiger partial charge is 0.398 e. The number of para-hydroxylation sites is 1. The molecule has 0 fully saturated rings. The average Bonchev–Trinajstić information content (AvgIpc) is 2.87. The second-order valence-electron chi connectivity index (χ2n) is 8.06. The van der Waals surface area contributed by atoms with E-state index in [4.69, 9.17) is 5.73 Å². The van der Waals surface area contributed by atoms with Crippen LogP contribution in [0.3, 0.4) is 0 Å². The number of nitrogen functional groups attached to an aromatic ring is 1. The Morgan fingerprint density at radius 1 is 0.438 bits per heavy atom. The number of hydrogen-bond donors (Lipinski definition) is 1. The molecule has 0 aliphatic rings. The van der Waals surface area contributed by atoms with Gasteiger partial charge < -0.3 is 10.6 Å². The molecule has 0 saturated heterocycles. The van der Waals surface area contributed by atoms with Gasteiger partial charge in [-0.2, -0.15) is 0 Å². The molecule has 0 spiro atoms. The van der Waals surface area contributed by atoms with Crippen LogP contribution in [0, 0.1) is 0 Å². The van der Waals surface area contributed by atoms with E-state index in [0.29, 0.717) is 0 Å². The third-order valence-electron chi connectivity index (χ3n) is 6.17. The molecule has 0 atom stereocenters. The lowest BCUT2D eigenvalue weighted by molar-refractivity contribution is 1.32. The number of benzene rings is 6. The maximum absolute atomic E-state index is 6.66. The van der Waals surface area contributed by atoms with Crippen LogP contribution in [0.1, 0.15) is 0 Å². The molecule has 32 heavy (non-hydrogen) atoms. The van der Waals surface area contributed by atoms with Crippen molar-refractivity contribution >= 4 is 55.1 Å². The van der Waals surface area contributed by atoms with Crippen LogP contribution < -0.4 is 10.6 Å². The summed E-state index contributed by atoms with van der Waals surface area (Å²) in [5, 5.41) is 6.87. The van der Waals surface area contributed by atoms with Crippen LogP contribution in [0.25, 0.3) is 32.3 Å². The predicted octanol–water partition coefficient (Wildman–Crippen LogP) is 8.20. The molecule has 2 nitrogen and oxygen atoms in total. The lowest BCUT2D eigenvalue weighted by Crippen LogP contribution is -2.11. The summed E-state index contributed by atoms with van der Waals surface area (Å²) >= 11 is 0. The van der Waals surface area contributed by atoms with Gasteiger partial charge in [-0.1, -0.05) is 97.1 Å². The van der Waals surface area contributed by atoms with Crippen LogP contribution >= 0.6 is 0 Å². The first kappa shape index (κ1) is 18.5. The molecule has 6 aromatic rings. The summed E-state index contributed by atoms with van der Waals surface area (Å²) in [4.78, 5) is 2.36. The first-order chi connectivity index (χ1) is 15.8. The van der Waals surface area contributed by atoms with Crippen molar-refractivity contribution in [3.05, 3.63) is 121 Å². The van der Waals surface area contributed by atoms with Crippen molar-refractivity contribution in [3.63, 3.8) is 0 Å². The monoisotopic (exact) mass is 410 g/mol. The zero-order chi connectivity index (χ0) is 21.5. The van der Waals surface area contributed by atoms with Gasteiger partial charge in [-0.25, -0.2) is 0 Å². The summed E-state index contributed by atoms with van der Waals surface area (Å²) in [6.45, 7) is 0. The molecule has 0 aliphatic heterocycles. The van der Waals surface area contributed by atoms with Crippen molar-refractivity contribution in [2.24, 2.45) is 0 Å². The van der Waals surface area contributed by atoms with Crippen molar-refractivity contribution in [1.29, 1.82) is 0 Å². The number of nitrogens with zero attached hydrogens (tertiary/aromatic N) is 1. The minimum atomic E-state index is 0.825. The fraction of sp³-hybridized carbons (Fsp3) is 0. The summed E-state index contributed by atoms with van der Waals surface area (Å²) in [6.07, 6.45) is 0. The molecule has 0 amide bonds. The second kappa shape index (κ2) is 7.44. The van der Waals surface area contributed by atoms with Crippen molar-refractivity contribution in [3.8, 4) is 0 Å². The zero-order valence-electron chi connectivity index (χ0n) is 17.6. The Morgan fingerprint density at radius 2 is 0.969 bits per heavy atom. The fourth-order valence-corrected chi connectivity index (χ4v) is 4.68. The van der Waals surface area contributed by atoms with Crippen LogP contribution in [0.15, 0.2) is 121 Å². The first-order valence-electron chi connectivity index (χ1n) is 10.8. The summed E-state index contributed by atoms with van der Waals surface area (Å²) in [7, 11) is 0. The summed E-state index contributed by atoms with van der Waals surface area (Å²) < 4.78 is 0. The van der Waals surface area contributed by atoms with Gasteiger partial charge in [0, 0.05) is 38.6 Å². The van der Waals surface area contributed by atoms with Gasteiger partial charge >= 0.3 is 0 Å². The lowest BCUT2D eigenvalue weighted by Gasteiger charge is -2.29. The topological polar surface area (TPSA) is 29.3 Å². The van der Waals surface area contributed by atoms with Gasteiger partial charge in [-0.3, -0.25) is 0 Å².